The van der Waals surface area contributed by atoms with Crippen LogP contribution in [-0.2, 0) is 0 Å². The summed E-state index contributed by atoms with van der Waals surface area (Å²) in [6.07, 6.45) is 21.3. The molecule has 0 aromatic carbocycles. The van der Waals surface area contributed by atoms with Crippen molar-refractivity contribution in [2.75, 3.05) is 59.4 Å². The van der Waals surface area contributed by atoms with Gasteiger partial charge in [-0.1, -0.05) is 76.3 Å². The molecule has 1 aliphatic carbocycles. The van der Waals surface area contributed by atoms with Crippen molar-refractivity contribution in [2.45, 2.75) is 71.8 Å². The van der Waals surface area contributed by atoms with Gasteiger partial charge in [0.2, 0.25) is 0 Å². The molecule has 0 atom stereocenters. The maximum Gasteiger partial charge on any atom is 0.0941 e. The lowest BCUT2D eigenvalue weighted by Crippen LogP contribution is -2.49. The van der Waals surface area contributed by atoms with E-state index in [1.54, 1.807) is 11.2 Å². The van der Waals surface area contributed by atoms with Crippen LogP contribution in [0.3, 0.4) is 0 Å². The number of likely N-dealkylation sites (N-methyl/N-ethyl adjacent to an activating group) is 1. The SMILES string of the molecule is C=C(/C=C\C)CN1CCN(C(=C)NC2CCCCC2)CC1.C=CN(N)CCCN(C)CC(/C=C\CC)=C/C. The molecule has 0 unspecified atom stereocenters. The molecular weight excluding hydrogens is 468 g/mol. The Kier molecular flexibility index (Phi) is 18.3. The van der Waals surface area contributed by atoms with Crippen LogP contribution in [0, 0.1) is 0 Å². The monoisotopic (exact) mass is 526 g/mol. The van der Waals surface area contributed by atoms with Crippen LogP contribution in [0.15, 0.2) is 73.3 Å². The number of nitrogens with one attached hydrogen (secondary N) is 1. The maximum atomic E-state index is 5.63. The van der Waals surface area contributed by atoms with E-state index in [2.05, 4.69) is 91.0 Å². The van der Waals surface area contributed by atoms with Crippen molar-refractivity contribution >= 4 is 0 Å². The lowest BCUT2D eigenvalue weighted by Gasteiger charge is -2.38. The Morgan fingerprint density at radius 3 is 2.29 bits per heavy atom. The molecule has 1 saturated carbocycles. The molecular formula is C32H58N6. The van der Waals surface area contributed by atoms with E-state index >= 15 is 0 Å². The third kappa shape index (κ3) is 15.2. The third-order valence-electron chi connectivity index (χ3n) is 7.14. The average molecular weight is 527 g/mol. The molecule has 0 spiro atoms. The highest BCUT2D eigenvalue weighted by Gasteiger charge is 2.20. The summed E-state index contributed by atoms with van der Waals surface area (Å²) in [5.74, 6) is 6.76. The standard InChI is InChI=1S/C18H31N3.C14H27N3/c1-4-8-16(2)15-20-11-13-21(14-12-20)17(3)19-18-9-6-5-7-10-18;1-5-8-10-14(6-2)13-16(4)11-9-12-17(15)7-3/h4,8,18-19H,2-3,5-7,9-15H2,1H3;6-8,10H,3,5,9,11-13,15H2,1-2,4H3/b8-4-;10-8-,14-6+. The fourth-order valence-corrected chi connectivity index (χ4v) is 4.84. The summed E-state index contributed by atoms with van der Waals surface area (Å²) in [6.45, 7) is 26.5. The number of nitrogens with two attached hydrogens (primary N) is 1. The number of allylic oxidation sites excluding steroid dienone is 3. The van der Waals surface area contributed by atoms with E-state index in [1.807, 2.05) is 6.92 Å². The topological polar surface area (TPSA) is 51.0 Å². The number of piperazine rings is 1. The zero-order valence-electron chi connectivity index (χ0n) is 25.1. The molecule has 6 heteroatoms. The van der Waals surface area contributed by atoms with Crippen molar-refractivity contribution in [2.24, 2.45) is 5.84 Å². The quantitative estimate of drug-likeness (QED) is 0.163. The first kappa shape index (κ1) is 33.7. The summed E-state index contributed by atoms with van der Waals surface area (Å²) in [7, 11) is 2.14. The second-order valence-corrected chi connectivity index (χ2v) is 10.5. The second-order valence-electron chi connectivity index (χ2n) is 10.5. The van der Waals surface area contributed by atoms with Gasteiger partial charge in [0.05, 0.1) is 5.82 Å². The Hall–Kier alpha value is -2.28. The summed E-state index contributed by atoms with van der Waals surface area (Å²) in [5, 5.41) is 5.28. The minimum Gasteiger partial charge on any atom is -0.370 e. The largest absolute Gasteiger partial charge is 0.370 e. The number of hydrogen-bond acceptors (Lipinski definition) is 6. The first-order chi connectivity index (χ1) is 18.3. The average Bonchev–Trinajstić information content (AvgIpc) is 2.92. The molecule has 1 aliphatic heterocycles. The molecule has 0 aromatic heterocycles. The minimum atomic E-state index is 0.652. The van der Waals surface area contributed by atoms with Gasteiger partial charge in [-0.15, -0.1) is 0 Å². The van der Waals surface area contributed by atoms with E-state index < -0.39 is 0 Å². The van der Waals surface area contributed by atoms with Crippen molar-refractivity contribution in [3.63, 3.8) is 0 Å². The lowest BCUT2D eigenvalue weighted by molar-refractivity contribution is 0.159. The van der Waals surface area contributed by atoms with E-state index in [1.165, 1.54) is 43.3 Å². The predicted octanol–water partition coefficient (Wildman–Crippen LogP) is 5.67. The lowest BCUT2D eigenvalue weighted by atomic mass is 9.95. The van der Waals surface area contributed by atoms with Gasteiger partial charge in [-0.25, -0.2) is 5.84 Å². The Labute approximate surface area is 235 Å². The van der Waals surface area contributed by atoms with E-state index in [4.69, 9.17) is 5.84 Å². The smallest absolute Gasteiger partial charge is 0.0941 e. The van der Waals surface area contributed by atoms with Gasteiger partial charge in [0, 0.05) is 58.1 Å². The Morgan fingerprint density at radius 1 is 1.03 bits per heavy atom. The van der Waals surface area contributed by atoms with Gasteiger partial charge >= 0.3 is 0 Å². The molecule has 1 saturated heterocycles. The van der Waals surface area contributed by atoms with Crippen molar-refractivity contribution in [1.82, 2.24) is 25.0 Å². The Morgan fingerprint density at radius 2 is 1.71 bits per heavy atom. The van der Waals surface area contributed by atoms with Gasteiger partial charge in [-0.2, -0.15) is 0 Å². The van der Waals surface area contributed by atoms with Crippen LogP contribution in [0.4, 0.5) is 0 Å². The summed E-state index contributed by atoms with van der Waals surface area (Å²) < 4.78 is 0. The normalized spacial score (nSPS) is 17.5. The van der Waals surface area contributed by atoms with Crippen molar-refractivity contribution in [1.29, 1.82) is 0 Å². The molecule has 0 aromatic rings. The number of nitrogens with zero attached hydrogens (tertiary/aromatic N) is 4. The highest BCUT2D eigenvalue weighted by molar-refractivity contribution is 5.19. The molecule has 216 valence electrons. The van der Waals surface area contributed by atoms with Crippen LogP contribution < -0.4 is 11.2 Å². The van der Waals surface area contributed by atoms with Gasteiger partial charge in [-0.3, -0.25) is 4.90 Å². The van der Waals surface area contributed by atoms with Crippen molar-refractivity contribution < 1.29 is 0 Å². The third-order valence-corrected chi connectivity index (χ3v) is 7.14. The molecule has 2 aliphatic rings. The van der Waals surface area contributed by atoms with Crippen LogP contribution in [0.2, 0.25) is 0 Å². The first-order valence-corrected chi connectivity index (χ1v) is 14.7. The second kappa shape index (κ2) is 20.7. The number of hydrazine groups is 1. The molecule has 0 radical (unpaired) electrons. The molecule has 3 N–H and O–H groups in total. The summed E-state index contributed by atoms with van der Waals surface area (Å²) in [6, 6.07) is 0.652. The van der Waals surface area contributed by atoms with Crippen LogP contribution in [0.1, 0.15) is 65.7 Å². The van der Waals surface area contributed by atoms with Gasteiger partial charge in [-0.05, 0) is 64.3 Å². The molecule has 2 fully saturated rings. The maximum absolute atomic E-state index is 5.63. The Balaban J connectivity index is 0.000000391. The Bertz CT molecular complexity index is 754. The van der Waals surface area contributed by atoms with E-state index in [0.29, 0.717) is 6.04 Å². The van der Waals surface area contributed by atoms with E-state index in [0.717, 1.165) is 71.0 Å². The summed E-state index contributed by atoms with van der Waals surface area (Å²) in [4.78, 5) is 7.20. The van der Waals surface area contributed by atoms with Crippen molar-refractivity contribution in [3.05, 3.63) is 73.3 Å². The van der Waals surface area contributed by atoms with Crippen LogP contribution in [0.25, 0.3) is 0 Å². The van der Waals surface area contributed by atoms with Gasteiger partial charge in [0.15, 0.2) is 0 Å². The highest BCUT2D eigenvalue weighted by atomic mass is 15.4. The molecule has 2 rings (SSSR count). The van der Waals surface area contributed by atoms with E-state index in [-0.39, 0.29) is 0 Å². The van der Waals surface area contributed by atoms with E-state index in [9.17, 15) is 0 Å². The zero-order chi connectivity index (χ0) is 28.2. The predicted molar refractivity (Wildman–Crippen MR) is 168 cm³/mol. The minimum absolute atomic E-state index is 0.652. The molecule has 6 nitrogen and oxygen atoms in total. The number of hydrogen-bond donors (Lipinski definition) is 2. The van der Waals surface area contributed by atoms with Crippen LogP contribution >= 0.6 is 0 Å². The first-order valence-electron chi connectivity index (χ1n) is 14.7. The van der Waals surface area contributed by atoms with Crippen LogP contribution in [0.5, 0.6) is 0 Å². The highest BCUT2D eigenvalue weighted by Crippen LogP contribution is 2.19. The zero-order valence-corrected chi connectivity index (χ0v) is 25.1. The molecule has 38 heavy (non-hydrogen) atoms. The molecule has 0 amide bonds. The fourth-order valence-electron chi connectivity index (χ4n) is 4.84. The molecule has 0 bridgehead atoms. The van der Waals surface area contributed by atoms with Crippen molar-refractivity contribution in [3.8, 4) is 0 Å². The van der Waals surface area contributed by atoms with Gasteiger partial charge in [0.25, 0.3) is 0 Å². The number of rotatable bonds is 15. The molecule has 1 heterocycles. The fraction of sp³-hybridized carbons (Fsp3) is 0.625. The van der Waals surface area contributed by atoms with Gasteiger partial charge < -0.3 is 20.1 Å². The summed E-state index contributed by atoms with van der Waals surface area (Å²) >= 11 is 0. The van der Waals surface area contributed by atoms with Crippen LogP contribution in [-0.4, -0.2) is 85.2 Å². The summed E-state index contributed by atoms with van der Waals surface area (Å²) in [5.41, 5.74) is 2.56. The van der Waals surface area contributed by atoms with Gasteiger partial charge in [0.1, 0.15) is 0 Å².